The van der Waals surface area contributed by atoms with Crippen molar-refractivity contribution in [3.05, 3.63) is 34.3 Å². The second-order valence-electron chi connectivity index (χ2n) is 4.23. The van der Waals surface area contributed by atoms with Crippen LogP contribution in [0.3, 0.4) is 0 Å². The summed E-state index contributed by atoms with van der Waals surface area (Å²) in [5, 5.41) is 1.70. The highest BCUT2D eigenvalue weighted by Gasteiger charge is 2.23. The quantitative estimate of drug-likeness (QED) is 0.875. The molecule has 0 bridgehead atoms. The number of nitrogens with one attached hydrogen (secondary N) is 1. The van der Waals surface area contributed by atoms with Crippen LogP contribution in [-0.4, -0.2) is 26.1 Å². The fraction of sp³-hybridized carbons (Fsp3) is 0.250. The fourth-order valence-corrected chi connectivity index (χ4v) is 3.83. The van der Waals surface area contributed by atoms with E-state index in [0.29, 0.717) is 5.56 Å². The van der Waals surface area contributed by atoms with Gasteiger partial charge in [0.2, 0.25) is 0 Å². The SMILES string of the molecule is COC(=O)c1scc(C)c1NS(=O)(=O)c1ccn(C)c1. The molecule has 2 aromatic heterocycles. The molecule has 0 unspecified atom stereocenters. The number of anilines is 1. The van der Waals surface area contributed by atoms with Crippen LogP contribution in [0.25, 0.3) is 0 Å². The molecular weight excluding hydrogens is 300 g/mol. The minimum atomic E-state index is -3.72. The largest absolute Gasteiger partial charge is 0.465 e. The lowest BCUT2D eigenvalue weighted by molar-refractivity contribution is 0.0607. The molecule has 0 radical (unpaired) electrons. The van der Waals surface area contributed by atoms with Crippen LogP contribution in [0, 0.1) is 6.92 Å². The Morgan fingerprint density at radius 2 is 2.15 bits per heavy atom. The van der Waals surface area contributed by atoms with Gasteiger partial charge in [-0.15, -0.1) is 11.3 Å². The van der Waals surface area contributed by atoms with Crippen LogP contribution in [0.15, 0.2) is 28.7 Å². The summed E-state index contributed by atoms with van der Waals surface area (Å²) in [4.78, 5) is 12.0. The van der Waals surface area contributed by atoms with Gasteiger partial charge in [0.1, 0.15) is 9.77 Å². The average Bonchev–Trinajstić information content (AvgIpc) is 2.97. The summed E-state index contributed by atoms with van der Waals surface area (Å²) in [5.74, 6) is -0.561. The summed E-state index contributed by atoms with van der Waals surface area (Å²) < 4.78 is 33.2. The number of rotatable bonds is 4. The van der Waals surface area contributed by atoms with E-state index in [1.807, 2.05) is 0 Å². The third kappa shape index (κ3) is 2.70. The van der Waals surface area contributed by atoms with Gasteiger partial charge in [0, 0.05) is 19.4 Å². The lowest BCUT2D eigenvalue weighted by Crippen LogP contribution is -2.15. The van der Waals surface area contributed by atoms with Crippen molar-refractivity contribution in [1.29, 1.82) is 0 Å². The maximum Gasteiger partial charge on any atom is 0.350 e. The van der Waals surface area contributed by atoms with Crippen LogP contribution in [0.5, 0.6) is 0 Å². The summed E-state index contributed by atoms with van der Waals surface area (Å²) in [5.41, 5.74) is 0.945. The third-order valence-corrected chi connectivity index (χ3v) is 5.11. The van der Waals surface area contributed by atoms with Crippen molar-refractivity contribution in [3.8, 4) is 0 Å². The molecule has 0 amide bonds. The smallest absolute Gasteiger partial charge is 0.350 e. The summed E-state index contributed by atoms with van der Waals surface area (Å²) in [6, 6.07) is 1.49. The van der Waals surface area contributed by atoms with Gasteiger partial charge in [-0.3, -0.25) is 4.72 Å². The number of nitrogens with zero attached hydrogens (tertiary/aromatic N) is 1. The maximum atomic E-state index is 12.3. The highest BCUT2D eigenvalue weighted by atomic mass is 32.2. The van der Waals surface area contributed by atoms with Crippen molar-refractivity contribution in [2.24, 2.45) is 7.05 Å². The molecular formula is C12H14N2O4S2. The molecule has 0 atom stereocenters. The van der Waals surface area contributed by atoms with Crippen LogP contribution in [0.2, 0.25) is 0 Å². The lowest BCUT2D eigenvalue weighted by atomic mass is 10.3. The van der Waals surface area contributed by atoms with Crippen molar-refractivity contribution in [2.45, 2.75) is 11.8 Å². The number of aryl methyl sites for hydroxylation is 2. The van der Waals surface area contributed by atoms with E-state index in [2.05, 4.69) is 9.46 Å². The zero-order chi connectivity index (χ0) is 14.9. The van der Waals surface area contributed by atoms with E-state index in [-0.39, 0.29) is 15.5 Å². The molecule has 8 heteroatoms. The predicted molar refractivity (Wildman–Crippen MR) is 76.6 cm³/mol. The number of carbonyl (C=O) groups excluding carboxylic acids is 1. The van der Waals surface area contributed by atoms with Crippen molar-refractivity contribution >= 4 is 33.0 Å². The molecule has 0 fully saturated rings. The van der Waals surface area contributed by atoms with Crippen LogP contribution in [0.1, 0.15) is 15.2 Å². The normalized spacial score (nSPS) is 11.3. The van der Waals surface area contributed by atoms with Gasteiger partial charge in [0.25, 0.3) is 10.0 Å². The van der Waals surface area contributed by atoms with Gasteiger partial charge in [-0.1, -0.05) is 0 Å². The van der Waals surface area contributed by atoms with Gasteiger partial charge in [-0.05, 0) is 23.9 Å². The fourth-order valence-electron chi connectivity index (χ4n) is 1.64. The first-order valence-electron chi connectivity index (χ1n) is 5.66. The first-order valence-corrected chi connectivity index (χ1v) is 8.02. The highest BCUT2D eigenvalue weighted by molar-refractivity contribution is 7.92. The number of ether oxygens (including phenoxy) is 1. The Morgan fingerprint density at radius 3 is 2.70 bits per heavy atom. The molecule has 0 saturated carbocycles. The molecule has 108 valence electrons. The number of sulfonamides is 1. The minimum absolute atomic E-state index is 0.140. The molecule has 20 heavy (non-hydrogen) atoms. The first kappa shape index (κ1) is 14.6. The van der Waals surface area contributed by atoms with E-state index < -0.39 is 16.0 Å². The van der Waals surface area contributed by atoms with Crippen molar-refractivity contribution in [2.75, 3.05) is 11.8 Å². The summed E-state index contributed by atoms with van der Waals surface area (Å²) in [6.45, 7) is 1.73. The van der Waals surface area contributed by atoms with Gasteiger partial charge in [0.05, 0.1) is 12.8 Å². The Morgan fingerprint density at radius 1 is 1.45 bits per heavy atom. The second kappa shape index (κ2) is 5.29. The number of hydrogen-bond donors (Lipinski definition) is 1. The van der Waals surface area contributed by atoms with Crippen molar-refractivity contribution in [3.63, 3.8) is 0 Å². The minimum Gasteiger partial charge on any atom is -0.465 e. The molecule has 0 aliphatic carbocycles. The monoisotopic (exact) mass is 314 g/mol. The molecule has 0 aliphatic rings. The molecule has 0 spiro atoms. The van der Waals surface area contributed by atoms with Gasteiger partial charge in [-0.2, -0.15) is 0 Å². The Labute approximate surface area is 121 Å². The van der Waals surface area contributed by atoms with Gasteiger partial charge >= 0.3 is 5.97 Å². The highest BCUT2D eigenvalue weighted by Crippen LogP contribution is 2.30. The van der Waals surface area contributed by atoms with Gasteiger partial charge in [-0.25, -0.2) is 13.2 Å². The van der Waals surface area contributed by atoms with Gasteiger partial charge in [0.15, 0.2) is 0 Å². The van der Waals surface area contributed by atoms with E-state index >= 15 is 0 Å². The first-order chi connectivity index (χ1) is 9.35. The maximum absolute atomic E-state index is 12.3. The van der Waals surface area contributed by atoms with Crippen molar-refractivity contribution in [1.82, 2.24) is 4.57 Å². The molecule has 0 aromatic carbocycles. The summed E-state index contributed by atoms with van der Waals surface area (Å²) in [6.07, 6.45) is 3.12. The molecule has 2 heterocycles. The number of methoxy groups -OCH3 is 1. The third-order valence-electron chi connectivity index (χ3n) is 2.70. The molecule has 2 aromatic rings. The molecule has 0 aliphatic heterocycles. The van der Waals surface area contributed by atoms with E-state index in [1.165, 1.54) is 19.4 Å². The van der Waals surface area contributed by atoms with E-state index in [4.69, 9.17) is 0 Å². The van der Waals surface area contributed by atoms with Crippen LogP contribution in [0.4, 0.5) is 5.69 Å². The molecule has 2 rings (SSSR count). The second-order valence-corrected chi connectivity index (χ2v) is 6.79. The van der Waals surface area contributed by atoms with E-state index in [1.54, 1.807) is 30.1 Å². The summed E-state index contributed by atoms with van der Waals surface area (Å²) >= 11 is 1.14. The van der Waals surface area contributed by atoms with Crippen LogP contribution >= 0.6 is 11.3 Å². The Kier molecular flexibility index (Phi) is 3.87. The Balaban J connectivity index is 2.39. The predicted octanol–water partition coefficient (Wildman–Crippen LogP) is 1.98. The summed E-state index contributed by atoms with van der Waals surface area (Å²) in [7, 11) is -0.733. The van der Waals surface area contributed by atoms with E-state index in [9.17, 15) is 13.2 Å². The average molecular weight is 314 g/mol. The topological polar surface area (TPSA) is 77.4 Å². The molecule has 0 saturated heterocycles. The molecule has 6 nitrogen and oxygen atoms in total. The number of thiophene rings is 1. The standard InChI is InChI=1S/C12H14N2O4S2/c1-8-7-19-11(12(15)18-3)10(8)13-20(16,17)9-4-5-14(2)6-9/h4-7,13H,1-3H3. The zero-order valence-electron chi connectivity index (χ0n) is 11.2. The van der Waals surface area contributed by atoms with Crippen LogP contribution < -0.4 is 4.72 Å². The van der Waals surface area contributed by atoms with Crippen LogP contribution in [-0.2, 0) is 21.8 Å². The number of esters is 1. The Bertz CT molecular complexity index is 743. The lowest BCUT2D eigenvalue weighted by Gasteiger charge is -2.08. The zero-order valence-corrected chi connectivity index (χ0v) is 12.8. The Hall–Kier alpha value is -1.80. The number of carbonyl (C=O) groups is 1. The number of hydrogen-bond acceptors (Lipinski definition) is 5. The number of aromatic nitrogens is 1. The van der Waals surface area contributed by atoms with Crippen molar-refractivity contribution < 1.29 is 17.9 Å². The van der Waals surface area contributed by atoms with E-state index in [0.717, 1.165) is 11.3 Å². The van der Waals surface area contributed by atoms with Gasteiger partial charge < -0.3 is 9.30 Å². The molecule has 1 N–H and O–H groups in total.